The monoisotopic (exact) mass is 289 g/mol. The molecular weight excluding hydrogens is 258 g/mol. The van der Waals surface area contributed by atoms with Crippen LogP contribution in [-0.2, 0) is 5.41 Å². The van der Waals surface area contributed by atoms with Crippen LogP contribution in [0.5, 0.6) is 5.75 Å². The van der Waals surface area contributed by atoms with Crippen molar-refractivity contribution in [1.29, 1.82) is 0 Å². The average Bonchev–Trinajstić information content (AvgIpc) is 2.70. The van der Waals surface area contributed by atoms with E-state index >= 15 is 0 Å². The molecule has 1 unspecified atom stereocenters. The molecule has 2 rings (SSSR count). The largest absolute Gasteiger partial charge is 0.494 e. The maximum Gasteiger partial charge on any atom is 0.119 e. The van der Waals surface area contributed by atoms with Crippen molar-refractivity contribution in [3.63, 3.8) is 0 Å². The lowest BCUT2D eigenvalue weighted by Crippen LogP contribution is -2.37. The number of likely N-dealkylation sites (N-methyl/N-ethyl adjacent to an activating group) is 1. The second-order valence-corrected chi connectivity index (χ2v) is 6.56. The summed E-state index contributed by atoms with van der Waals surface area (Å²) in [5, 5.41) is 0. The second-order valence-electron chi connectivity index (χ2n) is 6.56. The van der Waals surface area contributed by atoms with Crippen molar-refractivity contribution in [2.24, 2.45) is 0 Å². The third-order valence-corrected chi connectivity index (χ3v) is 4.91. The highest BCUT2D eigenvalue weighted by atomic mass is 16.5. The lowest BCUT2D eigenvalue weighted by atomic mass is 9.74. The number of likely N-dealkylation sites (tertiary alicyclic amines) is 1. The van der Waals surface area contributed by atoms with Gasteiger partial charge in [-0.1, -0.05) is 38.8 Å². The van der Waals surface area contributed by atoms with E-state index in [-0.39, 0.29) is 0 Å². The first kappa shape index (κ1) is 16.4. The minimum Gasteiger partial charge on any atom is -0.494 e. The Bertz CT molecular complexity index is 431. The van der Waals surface area contributed by atoms with E-state index in [1.807, 2.05) is 0 Å². The number of ether oxygens (including phenoxy) is 1. The first-order valence-corrected chi connectivity index (χ1v) is 8.62. The van der Waals surface area contributed by atoms with Gasteiger partial charge in [0.25, 0.3) is 0 Å². The lowest BCUT2D eigenvalue weighted by Gasteiger charge is -2.35. The smallest absolute Gasteiger partial charge is 0.119 e. The summed E-state index contributed by atoms with van der Waals surface area (Å²) in [6.07, 6.45) is 7.47. The third-order valence-electron chi connectivity index (χ3n) is 4.91. The summed E-state index contributed by atoms with van der Waals surface area (Å²) in [4.78, 5) is 2.50. The van der Waals surface area contributed by atoms with Gasteiger partial charge in [-0.2, -0.15) is 0 Å². The van der Waals surface area contributed by atoms with E-state index in [1.54, 1.807) is 0 Å². The fraction of sp³-hybridized carbons (Fsp3) is 0.684. The minimum atomic E-state index is 0.301. The molecule has 0 bridgehead atoms. The highest BCUT2D eigenvalue weighted by molar-refractivity contribution is 5.34. The number of hydrogen-bond acceptors (Lipinski definition) is 2. The SMILES string of the molecule is CCCCOc1cccc(C2(CC)CCCCN(C)C2)c1. The van der Waals surface area contributed by atoms with Gasteiger partial charge in [0.15, 0.2) is 0 Å². The number of nitrogens with zero attached hydrogens (tertiary/aromatic N) is 1. The molecule has 1 atom stereocenters. The van der Waals surface area contributed by atoms with Crippen molar-refractivity contribution in [1.82, 2.24) is 4.90 Å². The van der Waals surface area contributed by atoms with Gasteiger partial charge in [0.2, 0.25) is 0 Å². The van der Waals surface area contributed by atoms with Crippen LogP contribution in [-0.4, -0.2) is 31.6 Å². The van der Waals surface area contributed by atoms with Crippen molar-refractivity contribution < 1.29 is 4.74 Å². The van der Waals surface area contributed by atoms with Crippen LogP contribution in [0.15, 0.2) is 24.3 Å². The first-order chi connectivity index (χ1) is 10.2. The summed E-state index contributed by atoms with van der Waals surface area (Å²) in [6, 6.07) is 8.86. The van der Waals surface area contributed by atoms with Gasteiger partial charge in [-0.3, -0.25) is 0 Å². The van der Waals surface area contributed by atoms with Gasteiger partial charge in [0.05, 0.1) is 6.61 Å². The Morgan fingerprint density at radius 1 is 1.24 bits per heavy atom. The van der Waals surface area contributed by atoms with E-state index in [0.717, 1.165) is 18.8 Å². The van der Waals surface area contributed by atoms with Gasteiger partial charge >= 0.3 is 0 Å². The van der Waals surface area contributed by atoms with E-state index < -0.39 is 0 Å². The van der Waals surface area contributed by atoms with Crippen LogP contribution in [0, 0.1) is 0 Å². The van der Waals surface area contributed by atoms with Crippen molar-refractivity contribution in [3.8, 4) is 5.75 Å². The zero-order valence-corrected chi connectivity index (χ0v) is 14.0. The molecule has 0 amide bonds. The molecule has 1 aliphatic heterocycles. The standard InChI is InChI=1S/C19H31NO/c1-4-6-14-21-18-11-9-10-17(15-18)19(5-2)12-7-8-13-20(3)16-19/h9-11,15H,4-8,12-14,16H2,1-3H3. The summed E-state index contributed by atoms with van der Waals surface area (Å²) < 4.78 is 5.91. The van der Waals surface area contributed by atoms with E-state index in [9.17, 15) is 0 Å². The summed E-state index contributed by atoms with van der Waals surface area (Å²) in [6.45, 7) is 7.77. The maximum absolute atomic E-state index is 5.91. The van der Waals surface area contributed by atoms with Gasteiger partial charge in [0.1, 0.15) is 5.75 Å². The molecule has 1 aromatic rings. The molecule has 2 heteroatoms. The molecule has 1 aliphatic rings. The Labute approximate surface area is 130 Å². The molecule has 0 N–H and O–H groups in total. The first-order valence-electron chi connectivity index (χ1n) is 8.62. The minimum absolute atomic E-state index is 0.301. The van der Waals surface area contributed by atoms with E-state index in [2.05, 4.69) is 50.1 Å². The van der Waals surface area contributed by atoms with Gasteiger partial charge in [0, 0.05) is 12.0 Å². The molecule has 1 saturated heterocycles. The lowest BCUT2D eigenvalue weighted by molar-refractivity contribution is 0.255. The Kier molecular flexibility index (Phi) is 6.10. The Morgan fingerprint density at radius 2 is 2.10 bits per heavy atom. The molecule has 2 nitrogen and oxygen atoms in total. The second kappa shape index (κ2) is 7.84. The van der Waals surface area contributed by atoms with Crippen LogP contribution in [0.2, 0.25) is 0 Å². The molecule has 118 valence electrons. The fourth-order valence-corrected chi connectivity index (χ4v) is 3.50. The van der Waals surface area contributed by atoms with E-state index in [0.29, 0.717) is 5.41 Å². The van der Waals surface area contributed by atoms with Crippen LogP contribution >= 0.6 is 0 Å². The molecule has 1 fully saturated rings. The summed E-state index contributed by atoms with van der Waals surface area (Å²) in [5.74, 6) is 1.04. The molecular formula is C19H31NO. The molecule has 21 heavy (non-hydrogen) atoms. The number of rotatable bonds is 6. The zero-order valence-electron chi connectivity index (χ0n) is 14.0. The molecule has 1 heterocycles. The van der Waals surface area contributed by atoms with Crippen LogP contribution in [0.25, 0.3) is 0 Å². The number of hydrogen-bond donors (Lipinski definition) is 0. The van der Waals surface area contributed by atoms with Gasteiger partial charge in [-0.25, -0.2) is 0 Å². The van der Waals surface area contributed by atoms with Crippen molar-refractivity contribution in [3.05, 3.63) is 29.8 Å². The highest BCUT2D eigenvalue weighted by Crippen LogP contribution is 2.37. The molecule has 0 radical (unpaired) electrons. The third kappa shape index (κ3) is 4.23. The predicted octanol–water partition coefficient (Wildman–Crippen LogP) is 4.63. The zero-order chi connectivity index (χ0) is 15.1. The predicted molar refractivity (Wildman–Crippen MR) is 90.2 cm³/mol. The Balaban J connectivity index is 2.18. The van der Waals surface area contributed by atoms with Crippen molar-refractivity contribution >= 4 is 0 Å². The van der Waals surface area contributed by atoms with Crippen molar-refractivity contribution in [2.45, 2.75) is 57.8 Å². The summed E-state index contributed by atoms with van der Waals surface area (Å²) in [7, 11) is 2.26. The summed E-state index contributed by atoms with van der Waals surface area (Å²) in [5.41, 5.74) is 1.77. The Hall–Kier alpha value is -1.02. The normalized spacial score (nSPS) is 23.8. The fourth-order valence-electron chi connectivity index (χ4n) is 3.50. The molecule has 0 aliphatic carbocycles. The Morgan fingerprint density at radius 3 is 2.86 bits per heavy atom. The topological polar surface area (TPSA) is 12.5 Å². The van der Waals surface area contributed by atoms with E-state index in [4.69, 9.17) is 4.74 Å². The molecule has 1 aromatic carbocycles. The van der Waals surface area contributed by atoms with E-state index in [1.165, 1.54) is 50.8 Å². The van der Waals surface area contributed by atoms with Gasteiger partial charge in [-0.15, -0.1) is 0 Å². The van der Waals surface area contributed by atoms with Gasteiger partial charge in [-0.05, 0) is 57.0 Å². The van der Waals surface area contributed by atoms with Crippen LogP contribution in [0.1, 0.15) is 57.9 Å². The quantitative estimate of drug-likeness (QED) is 0.708. The number of benzene rings is 1. The average molecular weight is 289 g/mol. The number of unbranched alkanes of at least 4 members (excludes halogenated alkanes) is 1. The van der Waals surface area contributed by atoms with Crippen LogP contribution in [0.3, 0.4) is 0 Å². The van der Waals surface area contributed by atoms with Crippen molar-refractivity contribution in [2.75, 3.05) is 26.7 Å². The molecule has 0 aromatic heterocycles. The maximum atomic E-state index is 5.91. The van der Waals surface area contributed by atoms with Crippen LogP contribution < -0.4 is 4.74 Å². The molecule has 0 spiro atoms. The summed E-state index contributed by atoms with van der Waals surface area (Å²) >= 11 is 0. The van der Waals surface area contributed by atoms with Gasteiger partial charge < -0.3 is 9.64 Å². The highest BCUT2D eigenvalue weighted by Gasteiger charge is 2.33. The van der Waals surface area contributed by atoms with Crippen LogP contribution in [0.4, 0.5) is 0 Å². The molecule has 0 saturated carbocycles.